The molecule has 0 aromatic carbocycles. The van der Waals surface area contributed by atoms with E-state index in [1.54, 1.807) is 0 Å². The molecule has 0 spiro atoms. The Morgan fingerprint density at radius 2 is 1.89 bits per heavy atom. The molecule has 0 aliphatic heterocycles. The van der Waals surface area contributed by atoms with Crippen LogP contribution < -0.4 is 0 Å². The lowest BCUT2D eigenvalue weighted by Crippen LogP contribution is -1.78. The first-order valence-corrected chi connectivity index (χ1v) is 2.95. The molecule has 0 aromatic rings. The van der Waals surface area contributed by atoms with Gasteiger partial charge in [0.05, 0.1) is 0 Å². The van der Waals surface area contributed by atoms with Crippen molar-refractivity contribution in [3.63, 3.8) is 0 Å². The van der Waals surface area contributed by atoms with E-state index in [-0.39, 0.29) is 0 Å². The lowest BCUT2D eigenvalue weighted by Gasteiger charge is -1.92. The largest absolute Gasteiger partial charge is 0.114 e. The molecule has 9 heavy (non-hydrogen) atoms. The number of hydrogen-bond acceptors (Lipinski definition) is 0. The standard InChI is InChI=1S/C8H9B/c1-5-4-6(2)8(9)7(5)3/h1-2,4H2,3H3. The van der Waals surface area contributed by atoms with Crippen LogP contribution in [0, 0.1) is 0 Å². The predicted octanol–water partition coefficient (Wildman–Crippen LogP) is 1.95. The van der Waals surface area contributed by atoms with Gasteiger partial charge in [-0.1, -0.05) is 29.8 Å². The van der Waals surface area contributed by atoms with Crippen molar-refractivity contribution in [1.29, 1.82) is 0 Å². The van der Waals surface area contributed by atoms with E-state index in [2.05, 4.69) is 13.2 Å². The van der Waals surface area contributed by atoms with Crippen LogP contribution in [0.1, 0.15) is 13.3 Å². The maximum Gasteiger partial charge on any atom is 0.114 e. The van der Waals surface area contributed by atoms with Crippen molar-refractivity contribution in [2.24, 2.45) is 0 Å². The normalized spacial score (nSPS) is 19.7. The number of allylic oxidation sites excluding steroid dienone is 4. The van der Waals surface area contributed by atoms with Gasteiger partial charge in [-0.15, -0.1) is 0 Å². The summed E-state index contributed by atoms with van der Waals surface area (Å²) in [5.74, 6) is 0. The van der Waals surface area contributed by atoms with Gasteiger partial charge >= 0.3 is 0 Å². The van der Waals surface area contributed by atoms with Gasteiger partial charge in [0.1, 0.15) is 7.85 Å². The molecule has 44 valence electrons. The fraction of sp³-hybridized carbons (Fsp3) is 0.250. The van der Waals surface area contributed by atoms with E-state index in [9.17, 15) is 0 Å². The van der Waals surface area contributed by atoms with Crippen molar-refractivity contribution < 1.29 is 0 Å². The summed E-state index contributed by atoms with van der Waals surface area (Å²) in [4.78, 5) is 0. The fourth-order valence-corrected chi connectivity index (χ4v) is 0.941. The van der Waals surface area contributed by atoms with E-state index < -0.39 is 0 Å². The monoisotopic (exact) mass is 116 g/mol. The Morgan fingerprint density at radius 3 is 2.00 bits per heavy atom. The summed E-state index contributed by atoms with van der Waals surface area (Å²) in [7, 11) is 5.63. The quantitative estimate of drug-likeness (QED) is 0.424. The van der Waals surface area contributed by atoms with E-state index in [0.717, 1.165) is 28.6 Å². The van der Waals surface area contributed by atoms with Crippen LogP contribution in [0.25, 0.3) is 0 Å². The van der Waals surface area contributed by atoms with Crippen LogP contribution in [-0.2, 0) is 0 Å². The van der Waals surface area contributed by atoms with Gasteiger partial charge in [0.2, 0.25) is 0 Å². The molecule has 1 heteroatoms. The van der Waals surface area contributed by atoms with E-state index in [0.29, 0.717) is 0 Å². The number of rotatable bonds is 0. The Hall–Kier alpha value is -0.715. The second-order valence-electron chi connectivity index (χ2n) is 2.42. The zero-order valence-corrected chi connectivity index (χ0v) is 5.70. The van der Waals surface area contributed by atoms with Gasteiger partial charge < -0.3 is 0 Å². The van der Waals surface area contributed by atoms with E-state index in [1.807, 2.05) is 6.92 Å². The van der Waals surface area contributed by atoms with E-state index in [4.69, 9.17) is 7.85 Å². The molecule has 0 N–H and O–H groups in total. The first-order chi connectivity index (χ1) is 4.13. The van der Waals surface area contributed by atoms with Gasteiger partial charge in [-0.2, -0.15) is 0 Å². The van der Waals surface area contributed by atoms with Crippen LogP contribution in [0.3, 0.4) is 0 Å². The summed E-state index contributed by atoms with van der Waals surface area (Å²) < 4.78 is 0. The molecule has 0 heterocycles. The minimum Gasteiger partial charge on any atom is -0.0961 e. The topological polar surface area (TPSA) is 0 Å². The van der Waals surface area contributed by atoms with Crippen molar-refractivity contribution >= 4 is 7.85 Å². The summed E-state index contributed by atoms with van der Waals surface area (Å²) >= 11 is 0. The highest BCUT2D eigenvalue weighted by atomic mass is 14.1. The molecule has 2 radical (unpaired) electrons. The molecule has 1 aliphatic rings. The zero-order chi connectivity index (χ0) is 7.02. The highest BCUT2D eigenvalue weighted by Gasteiger charge is 2.12. The Kier molecular flexibility index (Phi) is 1.36. The van der Waals surface area contributed by atoms with E-state index in [1.165, 1.54) is 0 Å². The van der Waals surface area contributed by atoms with Crippen LogP contribution in [-0.4, -0.2) is 7.85 Å². The van der Waals surface area contributed by atoms with Crippen molar-refractivity contribution in [2.45, 2.75) is 13.3 Å². The molecule has 0 amide bonds. The van der Waals surface area contributed by atoms with Crippen LogP contribution in [0.4, 0.5) is 0 Å². The second-order valence-corrected chi connectivity index (χ2v) is 2.42. The molecular weight excluding hydrogens is 107 g/mol. The lowest BCUT2D eigenvalue weighted by atomic mass is 9.89. The highest BCUT2D eigenvalue weighted by molar-refractivity contribution is 6.25. The third kappa shape index (κ3) is 0.871. The molecule has 0 unspecified atom stereocenters. The van der Waals surface area contributed by atoms with Crippen LogP contribution in [0.5, 0.6) is 0 Å². The molecule has 1 aliphatic carbocycles. The Morgan fingerprint density at radius 1 is 1.33 bits per heavy atom. The first kappa shape index (κ1) is 6.41. The van der Waals surface area contributed by atoms with Crippen LogP contribution in [0.15, 0.2) is 35.3 Å². The summed E-state index contributed by atoms with van der Waals surface area (Å²) in [6, 6.07) is 0. The molecule has 0 atom stereocenters. The summed E-state index contributed by atoms with van der Waals surface area (Å²) in [5.41, 5.74) is 4.06. The third-order valence-electron chi connectivity index (χ3n) is 1.74. The predicted molar refractivity (Wildman–Crippen MR) is 41.4 cm³/mol. The minimum atomic E-state index is 0.833. The van der Waals surface area contributed by atoms with Crippen molar-refractivity contribution in [3.8, 4) is 0 Å². The molecule has 1 rings (SSSR count). The molecule has 0 fully saturated rings. The Balaban J connectivity index is 3.06. The Labute approximate surface area is 57.4 Å². The molecule has 0 saturated heterocycles. The van der Waals surface area contributed by atoms with Crippen LogP contribution >= 0.6 is 0 Å². The van der Waals surface area contributed by atoms with Gasteiger partial charge in [-0.25, -0.2) is 0 Å². The van der Waals surface area contributed by atoms with Crippen molar-refractivity contribution in [1.82, 2.24) is 0 Å². The average molecular weight is 116 g/mol. The van der Waals surface area contributed by atoms with Crippen molar-refractivity contribution in [2.75, 3.05) is 0 Å². The minimum absolute atomic E-state index is 0.833. The van der Waals surface area contributed by atoms with Gasteiger partial charge in [-0.3, -0.25) is 0 Å². The zero-order valence-electron chi connectivity index (χ0n) is 5.70. The summed E-state index contributed by atoms with van der Waals surface area (Å²) in [6.07, 6.45) is 0.859. The Bertz CT molecular complexity index is 187. The first-order valence-electron chi connectivity index (χ1n) is 2.95. The molecular formula is C8H9B. The second kappa shape index (κ2) is 1.91. The van der Waals surface area contributed by atoms with Gasteiger partial charge in [0.25, 0.3) is 0 Å². The van der Waals surface area contributed by atoms with E-state index >= 15 is 0 Å². The summed E-state index contributed by atoms with van der Waals surface area (Å²) in [6.45, 7) is 9.61. The van der Waals surface area contributed by atoms with Gasteiger partial charge in [0, 0.05) is 0 Å². The van der Waals surface area contributed by atoms with Gasteiger partial charge in [0.15, 0.2) is 0 Å². The summed E-state index contributed by atoms with van der Waals surface area (Å²) in [5, 5.41) is 0. The lowest BCUT2D eigenvalue weighted by molar-refractivity contribution is 1.26. The molecule has 0 saturated carbocycles. The molecule has 0 aromatic heterocycles. The molecule has 0 nitrogen and oxygen atoms in total. The number of hydrogen-bond donors (Lipinski definition) is 0. The third-order valence-corrected chi connectivity index (χ3v) is 1.74. The van der Waals surface area contributed by atoms with Crippen molar-refractivity contribution in [3.05, 3.63) is 35.3 Å². The molecule has 0 bridgehead atoms. The maximum atomic E-state index is 5.63. The smallest absolute Gasteiger partial charge is 0.0961 e. The SMILES string of the molecule is [B]C1=C(C)C(=C)CC1=C. The average Bonchev–Trinajstić information content (AvgIpc) is 1.98. The van der Waals surface area contributed by atoms with Gasteiger partial charge in [-0.05, 0) is 18.9 Å². The highest BCUT2D eigenvalue weighted by Crippen LogP contribution is 2.30. The fourth-order valence-electron chi connectivity index (χ4n) is 0.941. The van der Waals surface area contributed by atoms with Crippen LogP contribution in [0.2, 0.25) is 0 Å². The maximum absolute atomic E-state index is 5.63.